The molecule has 0 aromatic heterocycles. The van der Waals surface area contributed by atoms with Crippen LogP contribution in [0, 0.1) is 11.7 Å². The first-order chi connectivity index (χ1) is 8.69. The fourth-order valence-corrected chi connectivity index (χ4v) is 2.07. The molecule has 1 atom stereocenters. The van der Waals surface area contributed by atoms with Crippen molar-refractivity contribution in [2.75, 3.05) is 19.6 Å². The molecular weight excluding hydrogens is 231 g/mol. The van der Waals surface area contributed by atoms with Gasteiger partial charge >= 0.3 is 0 Å². The maximum Gasteiger partial charge on any atom is 0.246 e. The van der Waals surface area contributed by atoms with Crippen LogP contribution in [0.3, 0.4) is 0 Å². The number of carbonyl (C=O) groups is 1. The van der Waals surface area contributed by atoms with Gasteiger partial charge < -0.3 is 10.6 Å². The van der Waals surface area contributed by atoms with Crippen LogP contribution < -0.4 is 5.73 Å². The Balaban J connectivity index is 1.93. The molecule has 0 saturated carbocycles. The maximum atomic E-state index is 12.7. The lowest BCUT2D eigenvalue weighted by atomic mass is 10.1. The quantitative estimate of drug-likeness (QED) is 0.827. The van der Waals surface area contributed by atoms with Crippen molar-refractivity contribution in [3.05, 3.63) is 41.7 Å². The minimum Gasteiger partial charge on any atom is -0.339 e. The predicted octanol–water partition coefficient (Wildman–Crippen LogP) is 1.65. The van der Waals surface area contributed by atoms with Crippen LogP contribution in [0.25, 0.3) is 6.08 Å². The number of likely N-dealkylation sites (tertiary alicyclic amines) is 1. The maximum absolute atomic E-state index is 12.7. The van der Waals surface area contributed by atoms with Crippen LogP contribution in [0.1, 0.15) is 12.0 Å². The number of hydrogen-bond acceptors (Lipinski definition) is 2. The molecule has 1 aliphatic rings. The molecular formula is C14H17FN2O. The third kappa shape index (κ3) is 3.17. The summed E-state index contributed by atoms with van der Waals surface area (Å²) in [7, 11) is 0. The summed E-state index contributed by atoms with van der Waals surface area (Å²) in [5, 5.41) is 0. The highest BCUT2D eigenvalue weighted by atomic mass is 19.1. The normalized spacial score (nSPS) is 19.7. The van der Waals surface area contributed by atoms with E-state index in [2.05, 4.69) is 0 Å². The van der Waals surface area contributed by atoms with Crippen LogP contribution in [0.15, 0.2) is 30.3 Å². The number of nitrogens with zero attached hydrogens (tertiary/aromatic N) is 1. The van der Waals surface area contributed by atoms with Gasteiger partial charge in [0.1, 0.15) is 5.82 Å². The van der Waals surface area contributed by atoms with Crippen LogP contribution in [0.4, 0.5) is 4.39 Å². The molecule has 4 heteroatoms. The Morgan fingerprint density at radius 2 is 2.17 bits per heavy atom. The lowest BCUT2D eigenvalue weighted by Gasteiger charge is -2.13. The number of carbonyl (C=O) groups excluding carboxylic acids is 1. The number of benzene rings is 1. The smallest absolute Gasteiger partial charge is 0.246 e. The number of hydrogen-bond donors (Lipinski definition) is 1. The van der Waals surface area contributed by atoms with Gasteiger partial charge in [-0.05, 0) is 42.7 Å². The van der Waals surface area contributed by atoms with Crippen LogP contribution in [0.5, 0.6) is 0 Å². The molecule has 0 unspecified atom stereocenters. The molecule has 2 rings (SSSR count). The summed E-state index contributed by atoms with van der Waals surface area (Å²) in [6.45, 7) is 2.14. The molecule has 0 bridgehead atoms. The van der Waals surface area contributed by atoms with Crippen molar-refractivity contribution in [2.45, 2.75) is 6.42 Å². The molecule has 2 N–H and O–H groups in total. The van der Waals surface area contributed by atoms with E-state index in [-0.39, 0.29) is 11.7 Å². The van der Waals surface area contributed by atoms with Gasteiger partial charge in [0.15, 0.2) is 0 Å². The van der Waals surface area contributed by atoms with Crippen molar-refractivity contribution < 1.29 is 9.18 Å². The van der Waals surface area contributed by atoms with Crippen molar-refractivity contribution in [3.8, 4) is 0 Å². The van der Waals surface area contributed by atoms with E-state index in [4.69, 9.17) is 5.73 Å². The third-order valence-electron chi connectivity index (χ3n) is 3.22. The molecule has 96 valence electrons. The van der Waals surface area contributed by atoms with Gasteiger partial charge in [0.2, 0.25) is 5.91 Å². The molecule has 1 amide bonds. The van der Waals surface area contributed by atoms with E-state index in [0.717, 1.165) is 25.1 Å². The lowest BCUT2D eigenvalue weighted by molar-refractivity contribution is -0.125. The average molecular weight is 248 g/mol. The number of amides is 1. The summed E-state index contributed by atoms with van der Waals surface area (Å²) in [5.41, 5.74) is 6.40. The van der Waals surface area contributed by atoms with Gasteiger partial charge in [-0.1, -0.05) is 12.1 Å². The van der Waals surface area contributed by atoms with Gasteiger partial charge in [-0.25, -0.2) is 4.39 Å². The van der Waals surface area contributed by atoms with Crippen LogP contribution >= 0.6 is 0 Å². The summed E-state index contributed by atoms with van der Waals surface area (Å²) in [5.74, 6) is 0.146. The Morgan fingerprint density at radius 3 is 2.78 bits per heavy atom. The van der Waals surface area contributed by atoms with Crippen LogP contribution in [-0.4, -0.2) is 30.4 Å². The SMILES string of the molecule is NC[C@H]1CCN(C(=O)/C=C/c2ccc(F)cc2)C1. The fourth-order valence-electron chi connectivity index (χ4n) is 2.07. The van der Waals surface area contributed by atoms with Crippen molar-refractivity contribution in [3.63, 3.8) is 0 Å². The monoisotopic (exact) mass is 248 g/mol. The topological polar surface area (TPSA) is 46.3 Å². The molecule has 0 aliphatic carbocycles. The van der Waals surface area contributed by atoms with Crippen molar-refractivity contribution >= 4 is 12.0 Å². The summed E-state index contributed by atoms with van der Waals surface area (Å²) in [6, 6.07) is 6.05. The zero-order valence-electron chi connectivity index (χ0n) is 10.2. The van der Waals surface area contributed by atoms with E-state index in [0.29, 0.717) is 12.5 Å². The highest BCUT2D eigenvalue weighted by molar-refractivity contribution is 5.91. The van der Waals surface area contributed by atoms with Gasteiger partial charge in [-0.2, -0.15) is 0 Å². The van der Waals surface area contributed by atoms with Gasteiger partial charge in [0.25, 0.3) is 0 Å². The molecule has 0 spiro atoms. The molecule has 18 heavy (non-hydrogen) atoms. The predicted molar refractivity (Wildman–Crippen MR) is 69.2 cm³/mol. The molecule has 1 heterocycles. The van der Waals surface area contributed by atoms with E-state index in [1.807, 2.05) is 0 Å². The Kier molecular flexibility index (Phi) is 4.10. The standard InChI is InChI=1S/C14H17FN2O/c15-13-4-1-11(2-5-13)3-6-14(18)17-8-7-12(9-16)10-17/h1-6,12H,7-10,16H2/b6-3+/t12-/m1/s1. The molecule has 1 aromatic rings. The summed E-state index contributed by atoms with van der Waals surface area (Å²) in [6.07, 6.45) is 4.22. The number of halogens is 1. The fraction of sp³-hybridized carbons (Fsp3) is 0.357. The number of rotatable bonds is 3. The highest BCUT2D eigenvalue weighted by Crippen LogP contribution is 2.15. The minimum atomic E-state index is -0.274. The van der Waals surface area contributed by atoms with E-state index >= 15 is 0 Å². The van der Waals surface area contributed by atoms with Crippen molar-refractivity contribution in [1.82, 2.24) is 4.90 Å². The van der Waals surface area contributed by atoms with E-state index < -0.39 is 0 Å². The van der Waals surface area contributed by atoms with Crippen LogP contribution in [-0.2, 0) is 4.79 Å². The van der Waals surface area contributed by atoms with Gasteiger partial charge in [-0.3, -0.25) is 4.79 Å². The van der Waals surface area contributed by atoms with Gasteiger partial charge in [0, 0.05) is 19.2 Å². The second kappa shape index (κ2) is 5.78. The molecule has 1 fully saturated rings. The summed E-state index contributed by atoms with van der Waals surface area (Å²) >= 11 is 0. The lowest BCUT2D eigenvalue weighted by Crippen LogP contribution is -2.28. The van der Waals surface area contributed by atoms with E-state index in [1.165, 1.54) is 18.2 Å². The van der Waals surface area contributed by atoms with Crippen LogP contribution in [0.2, 0.25) is 0 Å². The molecule has 1 aliphatic heterocycles. The molecule has 1 saturated heterocycles. The largest absolute Gasteiger partial charge is 0.339 e. The Morgan fingerprint density at radius 1 is 1.44 bits per heavy atom. The van der Waals surface area contributed by atoms with Crippen molar-refractivity contribution in [2.24, 2.45) is 11.7 Å². The molecule has 3 nitrogen and oxygen atoms in total. The molecule has 1 aromatic carbocycles. The first-order valence-electron chi connectivity index (χ1n) is 6.11. The number of nitrogens with two attached hydrogens (primary N) is 1. The zero-order chi connectivity index (χ0) is 13.0. The Hall–Kier alpha value is -1.68. The Labute approximate surface area is 106 Å². The Bertz CT molecular complexity index is 442. The first-order valence-corrected chi connectivity index (χ1v) is 6.11. The second-order valence-corrected chi connectivity index (χ2v) is 4.56. The van der Waals surface area contributed by atoms with E-state index in [1.54, 1.807) is 23.1 Å². The average Bonchev–Trinajstić information content (AvgIpc) is 2.86. The third-order valence-corrected chi connectivity index (χ3v) is 3.22. The zero-order valence-corrected chi connectivity index (χ0v) is 10.2. The first kappa shape index (κ1) is 12.8. The second-order valence-electron chi connectivity index (χ2n) is 4.56. The van der Waals surface area contributed by atoms with Gasteiger partial charge in [0.05, 0.1) is 0 Å². The van der Waals surface area contributed by atoms with Crippen molar-refractivity contribution in [1.29, 1.82) is 0 Å². The van der Waals surface area contributed by atoms with E-state index in [9.17, 15) is 9.18 Å². The summed E-state index contributed by atoms with van der Waals surface area (Å²) < 4.78 is 12.7. The minimum absolute atomic E-state index is 0.00437. The highest BCUT2D eigenvalue weighted by Gasteiger charge is 2.23. The van der Waals surface area contributed by atoms with Gasteiger partial charge in [-0.15, -0.1) is 0 Å². The summed E-state index contributed by atoms with van der Waals surface area (Å²) in [4.78, 5) is 13.7. The molecule has 0 radical (unpaired) electrons.